The lowest BCUT2D eigenvalue weighted by atomic mass is 10.1. The number of aliphatic hydroxyl groups excluding tert-OH is 1. The van der Waals surface area contributed by atoms with Crippen LogP contribution in [0.5, 0.6) is 0 Å². The molecule has 2 rings (SSSR count). The van der Waals surface area contributed by atoms with E-state index in [0.29, 0.717) is 6.42 Å². The molecule has 0 saturated carbocycles. The van der Waals surface area contributed by atoms with E-state index in [0.717, 1.165) is 0 Å². The monoisotopic (exact) mass is 198 g/mol. The van der Waals surface area contributed by atoms with Crippen LogP contribution in [0, 0.1) is 0 Å². The summed E-state index contributed by atoms with van der Waals surface area (Å²) in [5, 5.41) is 9.71. The van der Waals surface area contributed by atoms with E-state index in [-0.39, 0.29) is 30.7 Å². The van der Waals surface area contributed by atoms with Crippen molar-refractivity contribution in [2.45, 2.75) is 44.2 Å². The highest BCUT2D eigenvalue weighted by atomic mass is 16.6. The normalized spacial score (nSPS) is 42.6. The van der Waals surface area contributed by atoms with Crippen LogP contribution in [0.2, 0.25) is 0 Å². The number of rotatable bonds is 0. The summed E-state index contributed by atoms with van der Waals surface area (Å²) < 4.78 is 10.5. The number of cyclic esters (lactones) is 1. The fourth-order valence-corrected chi connectivity index (χ4v) is 1.82. The fourth-order valence-electron chi connectivity index (χ4n) is 1.82. The van der Waals surface area contributed by atoms with Gasteiger partial charge in [-0.1, -0.05) is 12.2 Å². The van der Waals surface area contributed by atoms with Crippen molar-refractivity contribution >= 4 is 5.97 Å². The number of ether oxygens (including phenoxy) is 2. The molecule has 0 radical (unpaired) electrons. The maximum absolute atomic E-state index is 11.3. The van der Waals surface area contributed by atoms with Crippen molar-refractivity contribution in [1.29, 1.82) is 0 Å². The lowest BCUT2D eigenvalue weighted by Crippen LogP contribution is -2.29. The number of aliphatic hydroxyl groups is 1. The molecule has 2 bridgehead atoms. The first-order chi connectivity index (χ1) is 6.65. The minimum absolute atomic E-state index is 0.229. The SMILES string of the molecule is CC1CC(O)C2C=CC(CC(=O)O1)O2. The molecule has 0 aromatic heterocycles. The highest BCUT2D eigenvalue weighted by Crippen LogP contribution is 2.22. The smallest absolute Gasteiger partial charge is 0.309 e. The highest BCUT2D eigenvalue weighted by molar-refractivity contribution is 5.70. The van der Waals surface area contributed by atoms with Crippen LogP contribution >= 0.6 is 0 Å². The molecule has 2 aliphatic rings. The Morgan fingerprint density at radius 1 is 1.50 bits per heavy atom. The predicted octanol–water partition coefficient (Wildman–Crippen LogP) is 0.396. The third-order valence-corrected chi connectivity index (χ3v) is 2.50. The van der Waals surface area contributed by atoms with Gasteiger partial charge in [-0.05, 0) is 6.92 Å². The van der Waals surface area contributed by atoms with Crippen molar-refractivity contribution in [3.05, 3.63) is 12.2 Å². The molecule has 2 heterocycles. The van der Waals surface area contributed by atoms with Crippen LogP contribution in [0.25, 0.3) is 0 Å². The van der Waals surface area contributed by atoms with Gasteiger partial charge in [0.15, 0.2) is 0 Å². The summed E-state index contributed by atoms with van der Waals surface area (Å²) in [6.07, 6.45) is 2.96. The van der Waals surface area contributed by atoms with E-state index in [4.69, 9.17) is 9.47 Å². The summed E-state index contributed by atoms with van der Waals surface area (Å²) in [5.74, 6) is -0.262. The minimum atomic E-state index is -0.586. The van der Waals surface area contributed by atoms with Gasteiger partial charge in [-0.2, -0.15) is 0 Å². The maximum atomic E-state index is 11.3. The quantitative estimate of drug-likeness (QED) is 0.452. The van der Waals surface area contributed by atoms with Gasteiger partial charge in [0, 0.05) is 6.42 Å². The van der Waals surface area contributed by atoms with Crippen LogP contribution < -0.4 is 0 Å². The zero-order valence-corrected chi connectivity index (χ0v) is 8.05. The Morgan fingerprint density at radius 3 is 3.07 bits per heavy atom. The van der Waals surface area contributed by atoms with Crippen molar-refractivity contribution in [2.24, 2.45) is 0 Å². The van der Waals surface area contributed by atoms with Crippen molar-refractivity contribution in [2.75, 3.05) is 0 Å². The molecule has 4 nitrogen and oxygen atoms in total. The van der Waals surface area contributed by atoms with Gasteiger partial charge in [0.25, 0.3) is 0 Å². The average Bonchev–Trinajstić information content (AvgIpc) is 2.51. The zero-order valence-electron chi connectivity index (χ0n) is 8.05. The molecule has 0 spiro atoms. The first kappa shape index (κ1) is 9.68. The predicted molar refractivity (Wildman–Crippen MR) is 48.6 cm³/mol. The number of hydrogen-bond donors (Lipinski definition) is 1. The largest absolute Gasteiger partial charge is 0.462 e. The Labute approximate surface area is 82.5 Å². The average molecular weight is 198 g/mol. The van der Waals surface area contributed by atoms with Crippen LogP contribution in [0.15, 0.2) is 12.2 Å². The molecule has 14 heavy (non-hydrogen) atoms. The van der Waals surface area contributed by atoms with Gasteiger partial charge in [0.05, 0.1) is 18.6 Å². The Balaban J connectivity index is 2.11. The second-order valence-electron chi connectivity index (χ2n) is 3.83. The third kappa shape index (κ3) is 1.96. The molecule has 0 aromatic rings. The number of carbonyl (C=O) groups is 1. The van der Waals surface area contributed by atoms with Crippen LogP contribution in [0.1, 0.15) is 19.8 Å². The molecule has 0 aliphatic carbocycles. The fraction of sp³-hybridized carbons (Fsp3) is 0.700. The molecular weight excluding hydrogens is 184 g/mol. The maximum Gasteiger partial charge on any atom is 0.309 e. The van der Waals surface area contributed by atoms with Crippen molar-refractivity contribution in [3.8, 4) is 0 Å². The standard InChI is InChI=1S/C10H14O4/c1-6-4-8(11)9-3-2-7(14-9)5-10(12)13-6/h2-3,6-9,11H,4-5H2,1H3. The van der Waals surface area contributed by atoms with Gasteiger partial charge >= 0.3 is 5.97 Å². The number of hydrogen-bond acceptors (Lipinski definition) is 4. The van der Waals surface area contributed by atoms with Crippen molar-refractivity contribution in [3.63, 3.8) is 0 Å². The van der Waals surface area contributed by atoms with E-state index in [2.05, 4.69) is 0 Å². The van der Waals surface area contributed by atoms with E-state index in [1.165, 1.54) is 0 Å². The summed E-state index contributed by atoms with van der Waals surface area (Å²) >= 11 is 0. The van der Waals surface area contributed by atoms with Gasteiger partial charge in [0.2, 0.25) is 0 Å². The number of fused-ring (bicyclic) bond motifs is 2. The number of esters is 1. The summed E-state index contributed by atoms with van der Waals surface area (Å²) in [5.41, 5.74) is 0. The lowest BCUT2D eigenvalue weighted by Gasteiger charge is -2.19. The molecule has 1 N–H and O–H groups in total. The van der Waals surface area contributed by atoms with Crippen molar-refractivity contribution in [1.82, 2.24) is 0 Å². The van der Waals surface area contributed by atoms with Gasteiger partial charge < -0.3 is 14.6 Å². The molecule has 0 amide bonds. The van der Waals surface area contributed by atoms with E-state index in [9.17, 15) is 9.90 Å². The molecule has 2 aliphatic heterocycles. The molecule has 78 valence electrons. The summed E-state index contributed by atoms with van der Waals surface area (Å²) in [4.78, 5) is 11.3. The molecular formula is C10H14O4. The lowest BCUT2D eigenvalue weighted by molar-refractivity contribution is -0.149. The van der Waals surface area contributed by atoms with E-state index < -0.39 is 6.10 Å². The third-order valence-electron chi connectivity index (χ3n) is 2.50. The van der Waals surface area contributed by atoms with E-state index in [1.54, 1.807) is 6.92 Å². The molecule has 4 atom stereocenters. The molecule has 1 saturated heterocycles. The van der Waals surface area contributed by atoms with E-state index >= 15 is 0 Å². The van der Waals surface area contributed by atoms with Gasteiger partial charge in [-0.25, -0.2) is 0 Å². The minimum Gasteiger partial charge on any atom is -0.462 e. The summed E-state index contributed by atoms with van der Waals surface area (Å²) in [6, 6.07) is 0. The Bertz CT molecular complexity index is 261. The second kappa shape index (κ2) is 3.71. The van der Waals surface area contributed by atoms with Gasteiger partial charge in [-0.3, -0.25) is 4.79 Å². The molecule has 0 aromatic carbocycles. The van der Waals surface area contributed by atoms with Gasteiger partial charge in [-0.15, -0.1) is 0 Å². The topological polar surface area (TPSA) is 55.8 Å². The summed E-state index contributed by atoms with van der Waals surface area (Å²) in [7, 11) is 0. The van der Waals surface area contributed by atoms with Crippen LogP contribution in [0.3, 0.4) is 0 Å². The van der Waals surface area contributed by atoms with Crippen molar-refractivity contribution < 1.29 is 19.4 Å². The second-order valence-corrected chi connectivity index (χ2v) is 3.83. The van der Waals surface area contributed by atoms with Crippen LogP contribution in [-0.2, 0) is 14.3 Å². The molecule has 4 unspecified atom stereocenters. The van der Waals surface area contributed by atoms with Crippen LogP contribution in [0.4, 0.5) is 0 Å². The Morgan fingerprint density at radius 2 is 2.29 bits per heavy atom. The van der Waals surface area contributed by atoms with E-state index in [1.807, 2.05) is 12.2 Å². The van der Waals surface area contributed by atoms with Crippen LogP contribution in [-0.4, -0.2) is 35.5 Å². The highest BCUT2D eigenvalue weighted by Gasteiger charge is 2.31. The first-order valence-electron chi connectivity index (χ1n) is 4.86. The number of carbonyl (C=O) groups excluding carboxylic acids is 1. The summed E-state index contributed by atoms with van der Waals surface area (Å²) in [6.45, 7) is 1.78. The van der Waals surface area contributed by atoms with Gasteiger partial charge in [0.1, 0.15) is 12.2 Å². The Hall–Kier alpha value is -0.870. The first-order valence-corrected chi connectivity index (χ1v) is 4.86. The Kier molecular flexibility index (Phi) is 2.56. The zero-order chi connectivity index (χ0) is 10.1. The molecule has 4 heteroatoms. The molecule has 1 fully saturated rings.